The number of hydrogen-bond donors (Lipinski definition) is 1. The first kappa shape index (κ1) is 17.6. The maximum Gasteiger partial charge on any atom is 0.222 e. The van der Waals surface area contributed by atoms with Crippen LogP contribution in [0.25, 0.3) is 0 Å². The average Bonchev–Trinajstić information content (AvgIpc) is 2.63. The predicted octanol–water partition coefficient (Wildman–Crippen LogP) is 3.01. The van der Waals surface area contributed by atoms with Gasteiger partial charge in [0.15, 0.2) is 0 Å². The van der Waals surface area contributed by atoms with Crippen molar-refractivity contribution in [1.82, 2.24) is 10.2 Å². The molecule has 1 aromatic rings. The standard InChI is InChI=1S/C19H28ClN3O/c1-15(16-5-4-8-21-14-16)13-19(24)23-11-9-22(10-12-23)18-7-3-2-6-17(18)20/h2-3,6-7,15-16,21H,4-5,8-14H2,1H3. The average molecular weight is 350 g/mol. The number of carbonyl (C=O) groups excluding carboxylic acids is 1. The summed E-state index contributed by atoms with van der Waals surface area (Å²) in [5.41, 5.74) is 1.08. The molecule has 2 aliphatic heterocycles. The summed E-state index contributed by atoms with van der Waals surface area (Å²) in [6.07, 6.45) is 3.17. The fourth-order valence-electron chi connectivity index (χ4n) is 3.84. The molecule has 0 saturated carbocycles. The van der Waals surface area contributed by atoms with Crippen molar-refractivity contribution in [2.75, 3.05) is 44.2 Å². The summed E-state index contributed by atoms with van der Waals surface area (Å²) in [5.74, 6) is 1.42. The molecule has 1 aromatic carbocycles. The van der Waals surface area contributed by atoms with Crippen LogP contribution < -0.4 is 10.2 Å². The predicted molar refractivity (Wildman–Crippen MR) is 99.6 cm³/mol. The van der Waals surface area contributed by atoms with Gasteiger partial charge in [-0.25, -0.2) is 0 Å². The van der Waals surface area contributed by atoms with Crippen molar-refractivity contribution in [3.05, 3.63) is 29.3 Å². The van der Waals surface area contributed by atoms with Gasteiger partial charge >= 0.3 is 0 Å². The van der Waals surface area contributed by atoms with E-state index in [1.807, 2.05) is 23.1 Å². The number of para-hydroxylation sites is 1. The van der Waals surface area contributed by atoms with Crippen molar-refractivity contribution >= 4 is 23.2 Å². The number of piperidine rings is 1. The fraction of sp³-hybridized carbons (Fsp3) is 0.632. The molecule has 0 aromatic heterocycles. The van der Waals surface area contributed by atoms with E-state index in [0.717, 1.165) is 50.0 Å². The summed E-state index contributed by atoms with van der Waals surface area (Å²) in [5, 5.41) is 4.24. The molecule has 24 heavy (non-hydrogen) atoms. The molecule has 2 saturated heterocycles. The molecule has 1 N–H and O–H groups in total. The molecule has 4 nitrogen and oxygen atoms in total. The lowest BCUT2D eigenvalue weighted by molar-refractivity contribution is -0.132. The minimum atomic E-state index is 0.312. The number of anilines is 1. The van der Waals surface area contributed by atoms with Crippen molar-refractivity contribution in [2.45, 2.75) is 26.2 Å². The third kappa shape index (κ3) is 4.22. The van der Waals surface area contributed by atoms with E-state index in [-0.39, 0.29) is 0 Å². The van der Waals surface area contributed by atoms with Gasteiger partial charge < -0.3 is 15.1 Å². The summed E-state index contributed by atoms with van der Waals surface area (Å²) in [6.45, 7) is 7.72. The molecule has 1 amide bonds. The molecule has 2 aliphatic rings. The highest BCUT2D eigenvalue weighted by molar-refractivity contribution is 6.33. The molecule has 0 spiro atoms. The normalized spacial score (nSPS) is 23.2. The first-order valence-electron chi connectivity index (χ1n) is 9.13. The van der Waals surface area contributed by atoms with Gasteiger partial charge in [0.25, 0.3) is 0 Å². The Bertz CT molecular complexity index is 551. The van der Waals surface area contributed by atoms with E-state index in [4.69, 9.17) is 11.6 Å². The van der Waals surface area contributed by atoms with Gasteiger partial charge in [-0.1, -0.05) is 30.7 Å². The van der Waals surface area contributed by atoms with Gasteiger partial charge in [-0.3, -0.25) is 4.79 Å². The second-order valence-corrected chi connectivity index (χ2v) is 7.51. The highest BCUT2D eigenvalue weighted by Gasteiger charge is 2.26. The number of amides is 1. The topological polar surface area (TPSA) is 35.6 Å². The maximum atomic E-state index is 12.6. The van der Waals surface area contributed by atoms with E-state index < -0.39 is 0 Å². The Morgan fingerprint density at radius 1 is 1.29 bits per heavy atom. The Hall–Kier alpha value is -1.26. The van der Waals surface area contributed by atoms with Crippen LogP contribution in [0.1, 0.15) is 26.2 Å². The Balaban J connectivity index is 1.49. The largest absolute Gasteiger partial charge is 0.367 e. The monoisotopic (exact) mass is 349 g/mol. The lowest BCUT2D eigenvalue weighted by atomic mass is 9.85. The van der Waals surface area contributed by atoms with Gasteiger partial charge in [0.1, 0.15) is 0 Å². The quantitative estimate of drug-likeness (QED) is 0.907. The summed E-state index contributed by atoms with van der Waals surface area (Å²) < 4.78 is 0. The van der Waals surface area contributed by atoms with Gasteiger partial charge in [0.05, 0.1) is 10.7 Å². The van der Waals surface area contributed by atoms with Crippen LogP contribution in [0, 0.1) is 11.8 Å². The third-order valence-corrected chi connectivity index (χ3v) is 5.78. The van der Waals surface area contributed by atoms with E-state index in [9.17, 15) is 4.79 Å². The smallest absolute Gasteiger partial charge is 0.222 e. The molecule has 0 aliphatic carbocycles. The highest BCUT2D eigenvalue weighted by Crippen LogP contribution is 2.27. The Kier molecular flexibility index (Phi) is 6.01. The van der Waals surface area contributed by atoms with E-state index >= 15 is 0 Å². The first-order valence-corrected chi connectivity index (χ1v) is 9.51. The molecular formula is C19H28ClN3O. The number of piperazine rings is 1. The van der Waals surface area contributed by atoms with Gasteiger partial charge in [0, 0.05) is 32.6 Å². The molecule has 2 atom stereocenters. The zero-order chi connectivity index (χ0) is 16.9. The fourth-order valence-corrected chi connectivity index (χ4v) is 4.10. The highest BCUT2D eigenvalue weighted by atomic mass is 35.5. The van der Waals surface area contributed by atoms with Crippen molar-refractivity contribution in [3.63, 3.8) is 0 Å². The lowest BCUT2D eigenvalue weighted by Crippen LogP contribution is -2.49. The Labute approximate surface area is 150 Å². The van der Waals surface area contributed by atoms with Crippen molar-refractivity contribution < 1.29 is 4.79 Å². The van der Waals surface area contributed by atoms with Crippen LogP contribution in [0.5, 0.6) is 0 Å². The molecule has 2 fully saturated rings. The van der Waals surface area contributed by atoms with Crippen molar-refractivity contribution in [1.29, 1.82) is 0 Å². The molecule has 0 bridgehead atoms. The minimum absolute atomic E-state index is 0.312. The number of benzene rings is 1. The Morgan fingerprint density at radius 2 is 2.04 bits per heavy atom. The number of rotatable bonds is 4. The number of nitrogens with one attached hydrogen (secondary N) is 1. The Morgan fingerprint density at radius 3 is 2.71 bits per heavy atom. The van der Waals surface area contributed by atoms with Crippen LogP contribution in [0.15, 0.2) is 24.3 Å². The number of carbonyl (C=O) groups is 1. The zero-order valence-corrected chi connectivity index (χ0v) is 15.3. The summed E-state index contributed by atoms with van der Waals surface area (Å²) in [4.78, 5) is 16.9. The summed E-state index contributed by atoms with van der Waals surface area (Å²) in [6, 6.07) is 7.94. The van der Waals surface area contributed by atoms with E-state index in [1.54, 1.807) is 0 Å². The maximum absolute atomic E-state index is 12.6. The number of hydrogen-bond acceptors (Lipinski definition) is 3. The van der Waals surface area contributed by atoms with Crippen LogP contribution in [0.2, 0.25) is 5.02 Å². The number of halogens is 1. The SMILES string of the molecule is CC(CC(=O)N1CCN(c2ccccc2Cl)CC1)C1CCCNC1. The van der Waals surface area contributed by atoms with Crippen LogP contribution >= 0.6 is 11.6 Å². The molecule has 5 heteroatoms. The second kappa shape index (κ2) is 8.21. The van der Waals surface area contributed by atoms with Gasteiger partial charge in [0.2, 0.25) is 5.91 Å². The van der Waals surface area contributed by atoms with Crippen LogP contribution in [-0.4, -0.2) is 50.1 Å². The molecule has 3 rings (SSSR count). The van der Waals surface area contributed by atoms with Crippen LogP contribution in [0.3, 0.4) is 0 Å². The zero-order valence-electron chi connectivity index (χ0n) is 14.5. The van der Waals surface area contributed by atoms with Gasteiger partial charge in [-0.2, -0.15) is 0 Å². The van der Waals surface area contributed by atoms with Crippen LogP contribution in [-0.2, 0) is 4.79 Å². The second-order valence-electron chi connectivity index (χ2n) is 7.11. The molecular weight excluding hydrogens is 322 g/mol. The summed E-state index contributed by atoms with van der Waals surface area (Å²) in [7, 11) is 0. The van der Waals surface area contributed by atoms with E-state index in [1.165, 1.54) is 12.8 Å². The minimum Gasteiger partial charge on any atom is -0.367 e. The van der Waals surface area contributed by atoms with Gasteiger partial charge in [-0.15, -0.1) is 0 Å². The molecule has 0 radical (unpaired) electrons. The molecule has 132 valence electrons. The van der Waals surface area contributed by atoms with Gasteiger partial charge in [-0.05, 0) is 49.9 Å². The lowest BCUT2D eigenvalue weighted by Gasteiger charge is -2.37. The number of nitrogens with zero attached hydrogens (tertiary/aromatic N) is 2. The van der Waals surface area contributed by atoms with E-state index in [2.05, 4.69) is 23.2 Å². The summed E-state index contributed by atoms with van der Waals surface area (Å²) >= 11 is 6.28. The van der Waals surface area contributed by atoms with Crippen molar-refractivity contribution in [3.8, 4) is 0 Å². The molecule has 2 heterocycles. The third-order valence-electron chi connectivity index (χ3n) is 5.46. The molecule has 2 unspecified atom stereocenters. The van der Waals surface area contributed by atoms with Crippen molar-refractivity contribution in [2.24, 2.45) is 11.8 Å². The van der Waals surface area contributed by atoms with E-state index in [0.29, 0.717) is 24.2 Å². The first-order chi connectivity index (χ1) is 11.6. The van der Waals surface area contributed by atoms with Crippen LogP contribution in [0.4, 0.5) is 5.69 Å².